The van der Waals surface area contributed by atoms with Crippen molar-refractivity contribution >= 4 is 5.78 Å². The molecular formula is C12H12N2O. The van der Waals surface area contributed by atoms with E-state index < -0.39 is 0 Å². The predicted octanol–water partition coefficient (Wildman–Crippen LogP) is 2.26. The summed E-state index contributed by atoms with van der Waals surface area (Å²) in [5, 5.41) is 0. The molecule has 76 valence electrons. The second kappa shape index (κ2) is 3.69. The van der Waals surface area contributed by atoms with E-state index in [1.807, 2.05) is 32.0 Å². The number of aromatic nitrogens is 2. The van der Waals surface area contributed by atoms with Crippen molar-refractivity contribution < 1.29 is 4.79 Å². The summed E-state index contributed by atoms with van der Waals surface area (Å²) in [4.78, 5) is 18.6. The van der Waals surface area contributed by atoms with Crippen molar-refractivity contribution in [2.24, 2.45) is 0 Å². The maximum atomic E-state index is 11.9. The highest BCUT2D eigenvalue weighted by molar-refractivity contribution is 6.06. The minimum Gasteiger partial charge on any atom is -0.342 e. The first-order valence-electron chi connectivity index (χ1n) is 4.80. The summed E-state index contributed by atoms with van der Waals surface area (Å²) in [7, 11) is 0. The van der Waals surface area contributed by atoms with Gasteiger partial charge >= 0.3 is 0 Å². The molecule has 3 nitrogen and oxygen atoms in total. The molecule has 0 spiro atoms. The molecule has 0 fully saturated rings. The maximum absolute atomic E-state index is 11.9. The van der Waals surface area contributed by atoms with Gasteiger partial charge in [-0.15, -0.1) is 0 Å². The number of aromatic amines is 1. The number of hydrogen-bond acceptors (Lipinski definition) is 2. The van der Waals surface area contributed by atoms with Crippen LogP contribution in [0.5, 0.6) is 0 Å². The minimum atomic E-state index is -0.0666. The number of nitrogens with one attached hydrogen (secondary N) is 1. The first-order chi connectivity index (χ1) is 7.18. The largest absolute Gasteiger partial charge is 0.342 e. The Bertz CT molecular complexity index is 486. The molecule has 0 aliphatic carbocycles. The fourth-order valence-electron chi connectivity index (χ4n) is 1.41. The molecule has 0 saturated carbocycles. The van der Waals surface area contributed by atoms with Crippen molar-refractivity contribution in [2.45, 2.75) is 13.8 Å². The molecule has 0 unspecified atom stereocenters. The van der Waals surface area contributed by atoms with Crippen LogP contribution in [0.25, 0.3) is 0 Å². The Morgan fingerprint density at radius 1 is 1.27 bits per heavy atom. The van der Waals surface area contributed by atoms with Gasteiger partial charge in [-0.05, 0) is 31.0 Å². The molecule has 0 radical (unpaired) electrons. The molecule has 1 heterocycles. The first-order valence-corrected chi connectivity index (χ1v) is 4.80. The average Bonchev–Trinajstić information content (AvgIpc) is 2.74. The lowest BCUT2D eigenvalue weighted by Gasteiger charge is -2.02. The van der Waals surface area contributed by atoms with E-state index in [0.29, 0.717) is 11.4 Å². The third-order valence-corrected chi connectivity index (χ3v) is 2.48. The molecule has 2 aromatic rings. The molecule has 3 heteroatoms. The van der Waals surface area contributed by atoms with E-state index in [2.05, 4.69) is 9.97 Å². The zero-order valence-electron chi connectivity index (χ0n) is 8.74. The fourth-order valence-corrected chi connectivity index (χ4v) is 1.41. The van der Waals surface area contributed by atoms with E-state index in [1.54, 1.807) is 12.4 Å². The Hall–Kier alpha value is -1.90. The molecule has 0 atom stereocenters. The van der Waals surface area contributed by atoms with E-state index in [4.69, 9.17) is 0 Å². The van der Waals surface area contributed by atoms with Crippen LogP contribution >= 0.6 is 0 Å². The van der Waals surface area contributed by atoms with Crippen molar-refractivity contribution in [2.75, 3.05) is 0 Å². The van der Waals surface area contributed by atoms with Gasteiger partial charge in [-0.1, -0.05) is 12.1 Å². The van der Waals surface area contributed by atoms with Gasteiger partial charge < -0.3 is 4.98 Å². The number of carbonyl (C=O) groups excluding carboxylic acids is 1. The van der Waals surface area contributed by atoms with Gasteiger partial charge in [0.05, 0.1) is 0 Å². The summed E-state index contributed by atoms with van der Waals surface area (Å²) in [6, 6.07) is 5.67. The third kappa shape index (κ3) is 1.81. The average molecular weight is 200 g/mol. The lowest BCUT2D eigenvalue weighted by atomic mass is 10.0. The normalized spacial score (nSPS) is 10.3. The van der Waals surface area contributed by atoms with Gasteiger partial charge in [-0.2, -0.15) is 0 Å². The van der Waals surface area contributed by atoms with Gasteiger partial charge in [0.15, 0.2) is 5.82 Å². The fraction of sp³-hybridized carbons (Fsp3) is 0.167. The number of H-pyrrole nitrogens is 1. The Morgan fingerprint density at radius 3 is 2.67 bits per heavy atom. The van der Waals surface area contributed by atoms with Crippen molar-refractivity contribution in [1.82, 2.24) is 9.97 Å². The Morgan fingerprint density at radius 2 is 2.07 bits per heavy atom. The quantitative estimate of drug-likeness (QED) is 0.756. The zero-order valence-corrected chi connectivity index (χ0v) is 8.74. The van der Waals surface area contributed by atoms with Gasteiger partial charge in [0, 0.05) is 18.0 Å². The molecule has 0 aliphatic heterocycles. The molecule has 0 amide bonds. The van der Waals surface area contributed by atoms with Crippen LogP contribution < -0.4 is 0 Å². The molecule has 0 bridgehead atoms. The van der Waals surface area contributed by atoms with Gasteiger partial charge in [0.25, 0.3) is 0 Å². The van der Waals surface area contributed by atoms with Gasteiger partial charge in [0.1, 0.15) is 0 Å². The van der Waals surface area contributed by atoms with Crippen LogP contribution in [0.1, 0.15) is 27.3 Å². The molecule has 1 N–H and O–H groups in total. The standard InChI is InChI=1S/C12H12N2O/c1-8-3-4-10(7-9(8)2)11(15)12-13-5-6-14-12/h3-7H,1-2H3,(H,13,14). The monoisotopic (exact) mass is 200 g/mol. The van der Waals surface area contributed by atoms with Gasteiger partial charge in [-0.25, -0.2) is 4.98 Å². The number of rotatable bonds is 2. The number of aryl methyl sites for hydroxylation is 2. The van der Waals surface area contributed by atoms with Crippen molar-refractivity contribution in [3.63, 3.8) is 0 Å². The summed E-state index contributed by atoms with van der Waals surface area (Å²) >= 11 is 0. The Balaban J connectivity index is 2.39. The smallest absolute Gasteiger partial charge is 0.228 e. The summed E-state index contributed by atoms with van der Waals surface area (Å²) in [6.07, 6.45) is 3.22. The topological polar surface area (TPSA) is 45.8 Å². The SMILES string of the molecule is Cc1ccc(C(=O)c2ncc[nH]2)cc1C. The Kier molecular flexibility index (Phi) is 2.37. The molecule has 15 heavy (non-hydrogen) atoms. The summed E-state index contributed by atoms with van der Waals surface area (Å²) in [5.41, 5.74) is 2.98. The zero-order chi connectivity index (χ0) is 10.8. The van der Waals surface area contributed by atoms with Crippen LogP contribution in [0.2, 0.25) is 0 Å². The van der Waals surface area contributed by atoms with Crippen LogP contribution in [0.3, 0.4) is 0 Å². The van der Waals surface area contributed by atoms with Crippen molar-refractivity contribution in [3.05, 3.63) is 53.1 Å². The lowest BCUT2D eigenvalue weighted by molar-refractivity contribution is 0.103. The van der Waals surface area contributed by atoms with E-state index >= 15 is 0 Å². The molecule has 0 aliphatic rings. The van der Waals surface area contributed by atoms with Crippen molar-refractivity contribution in [1.29, 1.82) is 0 Å². The molecule has 1 aromatic heterocycles. The summed E-state index contributed by atoms with van der Waals surface area (Å²) in [5.74, 6) is 0.321. The van der Waals surface area contributed by atoms with E-state index in [-0.39, 0.29) is 5.78 Å². The number of nitrogens with zero attached hydrogens (tertiary/aromatic N) is 1. The molecule has 0 saturated heterocycles. The van der Waals surface area contributed by atoms with E-state index in [9.17, 15) is 4.79 Å². The van der Waals surface area contributed by atoms with Crippen LogP contribution in [0.4, 0.5) is 0 Å². The highest BCUT2D eigenvalue weighted by Gasteiger charge is 2.11. The first kappa shape index (κ1) is 9.65. The molecule has 1 aromatic carbocycles. The summed E-state index contributed by atoms with van der Waals surface area (Å²) in [6.45, 7) is 4.02. The maximum Gasteiger partial charge on any atom is 0.228 e. The Labute approximate surface area is 88.2 Å². The minimum absolute atomic E-state index is 0.0666. The second-order valence-electron chi connectivity index (χ2n) is 3.57. The second-order valence-corrected chi connectivity index (χ2v) is 3.57. The molecule has 2 rings (SSSR count). The van der Waals surface area contributed by atoms with E-state index in [1.165, 1.54) is 5.56 Å². The van der Waals surface area contributed by atoms with Crippen LogP contribution in [-0.4, -0.2) is 15.8 Å². The van der Waals surface area contributed by atoms with Crippen LogP contribution in [0, 0.1) is 13.8 Å². The number of hydrogen-bond donors (Lipinski definition) is 1. The molecular weight excluding hydrogens is 188 g/mol. The predicted molar refractivity (Wildman–Crippen MR) is 57.9 cm³/mol. The summed E-state index contributed by atoms with van der Waals surface area (Å²) < 4.78 is 0. The highest BCUT2D eigenvalue weighted by Crippen LogP contribution is 2.12. The number of imidazole rings is 1. The van der Waals surface area contributed by atoms with E-state index in [0.717, 1.165) is 5.56 Å². The van der Waals surface area contributed by atoms with Crippen molar-refractivity contribution in [3.8, 4) is 0 Å². The van der Waals surface area contributed by atoms with Crippen LogP contribution in [-0.2, 0) is 0 Å². The third-order valence-electron chi connectivity index (χ3n) is 2.48. The van der Waals surface area contributed by atoms with Gasteiger partial charge in [-0.3, -0.25) is 4.79 Å². The number of benzene rings is 1. The van der Waals surface area contributed by atoms with Gasteiger partial charge in [0.2, 0.25) is 5.78 Å². The highest BCUT2D eigenvalue weighted by atomic mass is 16.1. The van der Waals surface area contributed by atoms with Crippen LogP contribution in [0.15, 0.2) is 30.6 Å². The number of ketones is 1. The number of carbonyl (C=O) groups is 1. The lowest BCUT2D eigenvalue weighted by Crippen LogP contribution is -2.04.